The zero-order valence-electron chi connectivity index (χ0n) is 36.2. The molecule has 0 unspecified atom stereocenters. The van der Waals surface area contributed by atoms with Crippen LogP contribution in [0.5, 0.6) is 0 Å². The lowest BCUT2D eigenvalue weighted by molar-refractivity contribution is -0.155. The van der Waals surface area contributed by atoms with E-state index in [-0.39, 0.29) is 30.2 Å². The summed E-state index contributed by atoms with van der Waals surface area (Å²) in [6.45, 7) is 12.2. The van der Waals surface area contributed by atoms with Gasteiger partial charge in [-0.05, 0) is 76.3 Å². The Kier molecular flexibility index (Phi) is 19.5. The van der Waals surface area contributed by atoms with E-state index in [1.165, 1.54) is 20.3 Å². The van der Waals surface area contributed by atoms with Crippen LogP contribution >= 0.6 is 0 Å². The molecule has 4 rings (SSSR count). The summed E-state index contributed by atoms with van der Waals surface area (Å²) < 4.78 is 9.95. The molecular weight excluding hydrogens is 753 g/mol. The molecule has 0 aliphatic heterocycles. The number of benzene rings is 4. The first-order chi connectivity index (χ1) is 28.8. The Bertz CT molecular complexity index is 2140. The van der Waals surface area contributed by atoms with Crippen molar-refractivity contribution in [2.24, 2.45) is 11.8 Å². The Morgan fingerprint density at radius 2 is 1.05 bits per heavy atom. The number of ether oxygens (including phenoxy) is 2. The molecule has 60 heavy (non-hydrogen) atoms. The summed E-state index contributed by atoms with van der Waals surface area (Å²) in [5, 5.41) is 18.7. The van der Waals surface area contributed by atoms with E-state index >= 15 is 0 Å². The van der Waals surface area contributed by atoms with Gasteiger partial charge in [0.15, 0.2) is 0 Å². The maximum Gasteiger partial charge on any atom is 0.328 e. The van der Waals surface area contributed by atoms with Crippen molar-refractivity contribution in [3.05, 3.63) is 131 Å². The minimum Gasteiger partial charge on any atom is -0.467 e. The minimum absolute atomic E-state index is 0.0418. The maximum atomic E-state index is 12.9. The van der Waals surface area contributed by atoms with Crippen molar-refractivity contribution in [3.8, 4) is 34.4 Å². The number of nitriles is 2. The van der Waals surface area contributed by atoms with Crippen molar-refractivity contribution < 1.29 is 28.7 Å². The lowest BCUT2D eigenvalue weighted by Gasteiger charge is -2.32. The Morgan fingerprint density at radius 1 is 0.633 bits per heavy atom. The highest BCUT2D eigenvalue weighted by molar-refractivity contribution is 5.91. The molecule has 10 heteroatoms. The summed E-state index contributed by atoms with van der Waals surface area (Å²) in [7, 11) is 2.69. The number of allylic oxidation sites excluding steroid dienone is 1. The second-order valence-corrected chi connectivity index (χ2v) is 15.0. The second kappa shape index (κ2) is 24.4. The predicted octanol–water partition coefficient (Wildman–Crippen LogP) is 9.66. The van der Waals surface area contributed by atoms with Gasteiger partial charge in [0.05, 0.1) is 37.5 Å². The molecule has 0 fully saturated rings. The topological polar surface area (TPSA) is 141 Å². The Labute approximate surface area is 356 Å². The number of amides is 2. The second-order valence-electron chi connectivity index (χ2n) is 15.0. The molecule has 0 aliphatic carbocycles. The summed E-state index contributed by atoms with van der Waals surface area (Å²) in [6, 6.07) is 33.5. The predicted molar refractivity (Wildman–Crippen MR) is 235 cm³/mol. The quantitative estimate of drug-likeness (QED) is 0.0759. The molecule has 0 saturated carbocycles. The number of hydrogen-bond acceptors (Lipinski definition) is 8. The molecule has 0 aromatic heterocycles. The number of methoxy groups -OCH3 is 2. The minimum atomic E-state index is -0.678. The van der Waals surface area contributed by atoms with Crippen molar-refractivity contribution >= 4 is 23.8 Å². The zero-order valence-corrected chi connectivity index (χ0v) is 36.2. The first-order valence-electron chi connectivity index (χ1n) is 20.4. The standard InChI is InChI=1S/C25H30N2O3.C25H28N2O3/c2*1-5-6-11-23(28)27(24(18(2)3)25(29)30-4)17-19-12-14-20(15-13-19)22-10-8-7-9-21(22)16-26/h7-10,12-15,18,24H,5-6,11,17H2,1-4H3;6-15,18,24H,5,17H2,1-4H3/b;11-6+/t2*24-/m00/s1. The van der Waals surface area contributed by atoms with Gasteiger partial charge >= 0.3 is 11.9 Å². The van der Waals surface area contributed by atoms with Crippen molar-refractivity contribution in [1.29, 1.82) is 10.5 Å². The van der Waals surface area contributed by atoms with E-state index in [4.69, 9.17) is 9.47 Å². The van der Waals surface area contributed by atoms with Gasteiger partial charge in [-0.3, -0.25) is 9.59 Å². The number of carbonyl (C=O) groups is 4. The molecule has 0 N–H and O–H groups in total. The van der Waals surface area contributed by atoms with Crippen LogP contribution in [-0.2, 0) is 41.7 Å². The number of unbranched alkanes of at least 4 members (excludes halogenated alkanes) is 1. The summed E-state index contributed by atoms with van der Waals surface area (Å²) >= 11 is 0. The number of nitrogens with zero attached hydrogens (tertiary/aromatic N) is 4. The van der Waals surface area contributed by atoms with E-state index < -0.39 is 24.0 Å². The third-order valence-electron chi connectivity index (χ3n) is 9.99. The van der Waals surface area contributed by atoms with Gasteiger partial charge in [-0.1, -0.05) is 139 Å². The molecule has 0 radical (unpaired) electrons. The molecule has 0 aliphatic rings. The molecule has 0 bridgehead atoms. The monoisotopic (exact) mass is 810 g/mol. The van der Waals surface area contributed by atoms with Gasteiger partial charge in [0.2, 0.25) is 11.8 Å². The van der Waals surface area contributed by atoms with Gasteiger partial charge in [0.1, 0.15) is 12.1 Å². The summed E-state index contributed by atoms with van der Waals surface area (Å²) in [4.78, 5) is 53.8. The van der Waals surface area contributed by atoms with E-state index in [0.717, 1.165) is 52.6 Å². The highest BCUT2D eigenvalue weighted by Crippen LogP contribution is 2.27. The SMILES string of the molecule is CC/C=C/C(=O)N(Cc1ccc(-c2ccccc2C#N)cc1)[C@H](C(=O)OC)C(C)C.CCCCC(=O)N(Cc1ccc(-c2ccccc2C#N)cc1)[C@H](C(=O)OC)C(C)C. The highest BCUT2D eigenvalue weighted by atomic mass is 16.5. The largest absolute Gasteiger partial charge is 0.467 e. The van der Waals surface area contributed by atoms with Crippen molar-refractivity contribution in [2.75, 3.05) is 14.2 Å². The van der Waals surface area contributed by atoms with E-state index in [1.807, 2.05) is 126 Å². The van der Waals surface area contributed by atoms with Crippen LogP contribution < -0.4 is 0 Å². The van der Waals surface area contributed by atoms with Gasteiger partial charge in [-0.25, -0.2) is 9.59 Å². The van der Waals surface area contributed by atoms with E-state index in [2.05, 4.69) is 12.1 Å². The van der Waals surface area contributed by atoms with Gasteiger partial charge in [0.25, 0.3) is 0 Å². The molecule has 10 nitrogen and oxygen atoms in total. The van der Waals surface area contributed by atoms with E-state index in [9.17, 15) is 29.7 Å². The molecule has 0 spiro atoms. The van der Waals surface area contributed by atoms with Gasteiger partial charge in [-0.2, -0.15) is 10.5 Å². The van der Waals surface area contributed by atoms with E-state index in [1.54, 1.807) is 28.0 Å². The molecule has 314 valence electrons. The van der Waals surface area contributed by atoms with E-state index in [0.29, 0.717) is 24.1 Å². The smallest absolute Gasteiger partial charge is 0.328 e. The number of hydrogen-bond donors (Lipinski definition) is 0. The Morgan fingerprint density at radius 3 is 1.43 bits per heavy atom. The average molecular weight is 811 g/mol. The Balaban J connectivity index is 0.000000320. The molecule has 2 amide bonds. The third-order valence-corrected chi connectivity index (χ3v) is 9.99. The van der Waals surface area contributed by atoms with Crippen LogP contribution in [0.25, 0.3) is 22.3 Å². The number of rotatable bonds is 17. The summed E-state index contributed by atoms with van der Waals surface area (Å²) in [5.41, 5.74) is 6.64. The summed E-state index contributed by atoms with van der Waals surface area (Å²) in [5.74, 6) is -1.25. The lowest BCUT2D eigenvalue weighted by Crippen LogP contribution is -2.48. The first kappa shape index (κ1) is 47.9. The molecule has 2 atom stereocenters. The molecular formula is C50H58N4O6. The number of carbonyl (C=O) groups excluding carboxylic acids is 4. The highest BCUT2D eigenvalue weighted by Gasteiger charge is 2.34. The summed E-state index contributed by atoms with van der Waals surface area (Å²) in [6.07, 6.45) is 6.13. The fourth-order valence-electron chi connectivity index (χ4n) is 6.84. The van der Waals surface area contributed by atoms with Crippen LogP contribution in [0.3, 0.4) is 0 Å². The van der Waals surface area contributed by atoms with Crippen LogP contribution in [0.15, 0.2) is 109 Å². The first-order valence-corrected chi connectivity index (χ1v) is 20.4. The third kappa shape index (κ3) is 13.3. The average Bonchev–Trinajstić information content (AvgIpc) is 3.27. The van der Waals surface area contributed by atoms with Crippen LogP contribution in [0.2, 0.25) is 0 Å². The number of esters is 2. The molecule has 0 heterocycles. The molecule has 4 aromatic rings. The van der Waals surface area contributed by atoms with Crippen LogP contribution in [0.1, 0.15) is 89.5 Å². The van der Waals surface area contributed by atoms with Crippen LogP contribution in [0.4, 0.5) is 0 Å². The fraction of sp³-hybridized carbons (Fsp3) is 0.360. The van der Waals surface area contributed by atoms with Crippen LogP contribution in [-0.4, -0.2) is 59.9 Å². The molecule has 4 aromatic carbocycles. The van der Waals surface area contributed by atoms with Crippen molar-refractivity contribution in [3.63, 3.8) is 0 Å². The van der Waals surface area contributed by atoms with Gasteiger partial charge < -0.3 is 19.3 Å². The van der Waals surface area contributed by atoms with Gasteiger partial charge in [-0.15, -0.1) is 0 Å². The van der Waals surface area contributed by atoms with Crippen molar-refractivity contribution in [1.82, 2.24) is 9.80 Å². The Hall–Kier alpha value is -6.52. The van der Waals surface area contributed by atoms with Gasteiger partial charge in [0, 0.05) is 19.5 Å². The molecule has 0 saturated heterocycles. The lowest BCUT2D eigenvalue weighted by atomic mass is 9.98. The normalized spacial score (nSPS) is 11.7. The van der Waals surface area contributed by atoms with Crippen LogP contribution in [0, 0.1) is 34.5 Å². The fourth-order valence-corrected chi connectivity index (χ4v) is 6.84. The zero-order chi connectivity index (χ0) is 44.2. The maximum absolute atomic E-state index is 12.9. The van der Waals surface area contributed by atoms with Crippen molar-refractivity contribution in [2.45, 2.75) is 92.4 Å².